The third-order valence-corrected chi connectivity index (χ3v) is 1.51. The number of aliphatic hydroxyl groups excluding tert-OH is 1. The zero-order chi connectivity index (χ0) is 6.95. The fraction of sp³-hybridized carbons (Fsp3) is 1.00. The number of hydrogen-bond acceptors (Lipinski definition) is 1. The Morgan fingerprint density at radius 1 is 1.00 bits per heavy atom. The van der Waals surface area contributed by atoms with Gasteiger partial charge in [-0.1, -0.05) is 39.0 Å². The summed E-state index contributed by atoms with van der Waals surface area (Å²) in [7, 11) is 0. The van der Waals surface area contributed by atoms with E-state index in [4.69, 9.17) is 5.11 Å². The second kappa shape index (κ2) is 13.2. The van der Waals surface area contributed by atoms with Crippen LogP contribution in [0.2, 0.25) is 0 Å². The Bertz CT molecular complexity index is 47.4. The molecule has 0 atom stereocenters. The molecule has 0 heterocycles. The van der Waals surface area contributed by atoms with Crippen LogP contribution >= 0.6 is 0 Å². The number of aliphatic hydroxyl groups is 1. The molecule has 58 valence electrons. The minimum Gasteiger partial charge on any atom is -1.00 e. The quantitative estimate of drug-likeness (QED) is 0.419. The van der Waals surface area contributed by atoms with E-state index in [1.807, 2.05) is 0 Å². The van der Waals surface area contributed by atoms with Crippen LogP contribution in [0, 0.1) is 0 Å². The second-order valence-corrected chi connectivity index (χ2v) is 2.49. The summed E-state index contributed by atoms with van der Waals surface area (Å²) >= 11 is 0. The summed E-state index contributed by atoms with van der Waals surface area (Å²) in [6.07, 6.45) is 7.50. The third-order valence-electron chi connectivity index (χ3n) is 1.51. The van der Waals surface area contributed by atoms with E-state index in [0.717, 1.165) is 6.42 Å². The van der Waals surface area contributed by atoms with Crippen molar-refractivity contribution in [2.45, 2.75) is 45.4 Å². The molecule has 0 aliphatic heterocycles. The fourth-order valence-electron chi connectivity index (χ4n) is 0.892. The SMILES string of the molecule is CCCCCCCCO.[H-].[K+]. The molecule has 0 fully saturated rings. The van der Waals surface area contributed by atoms with Crippen molar-refractivity contribution in [3.63, 3.8) is 0 Å². The van der Waals surface area contributed by atoms with E-state index >= 15 is 0 Å². The first-order valence-corrected chi connectivity index (χ1v) is 4.02. The second-order valence-electron chi connectivity index (χ2n) is 2.49. The van der Waals surface area contributed by atoms with E-state index in [2.05, 4.69) is 6.92 Å². The predicted octanol–water partition coefficient (Wildman–Crippen LogP) is -0.544. The Balaban J connectivity index is -0.000000320. The average molecular weight is 170 g/mol. The van der Waals surface area contributed by atoms with Gasteiger partial charge in [-0.3, -0.25) is 0 Å². The normalized spacial score (nSPS) is 9.00. The molecule has 0 unspecified atom stereocenters. The molecular weight excluding hydrogens is 151 g/mol. The number of hydrogen-bond donors (Lipinski definition) is 1. The summed E-state index contributed by atoms with van der Waals surface area (Å²) in [6.45, 7) is 2.58. The topological polar surface area (TPSA) is 20.2 Å². The molecule has 2 heteroatoms. The van der Waals surface area contributed by atoms with E-state index in [0.29, 0.717) is 6.61 Å². The minimum atomic E-state index is 0. The molecule has 0 saturated heterocycles. The van der Waals surface area contributed by atoms with Crippen molar-refractivity contribution in [2.24, 2.45) is 0 Å². The summed E-state index contributed by atoms with van der Waals surface area (Å²) in [6, 6.07) is 0. The van der Waals surface area contributed by atoms with Gasteiger partial charge >= 0.3 is 51.4 Å². The smallest absolute Gasteiger partial charge is 1.00 e. The number of unbranched alkanes of at least 4 members (excludes halogenated alkanes) is 5. The summed E-state index contributed by atoms with van der Waals surface area (Å²) in [4.78, 5) is 0. The summed E-state index contributed by atoms with van der Waals surface area (Å²) < 4.78 is 0. The van der Waals surface area contributed by atoms with Gasteiger partial charge in [0.1, 0.15) is 0 Å². The Hall–Kier alpha value is 1.60. The van der Waals surface area contributed by atoms with Crippen LogP contribution in [0.1, 0.15) is 46.9 Å². The van der Waals surface area contributed by atoms with Crippen LogP contribution < -0.4 is 51.4 Å². The van der Waals surface area contributed by atoms with Crippen molar-refractivity contribution in [1.29, 1.82) is 0 Å². The van der Waals surface area contributed by atoms with Gasteiger partial charge in [-0.05, 0) is 6.42 Å². The molecule has 0 aliphatic carbocycles. The molecule has 0 rings (SSSR count). The number of rotatable bonds is 6. The van der Waals surface area contributed by atoms with Crippen LogP contribution in [-0.4, -0.2) is 11.7 Å². The van der Waals surface area contributed by atoms with Crippen LogP contribution in [0.25, 0.3) is 0 Å². The summed E-state index contributed by atoms with van der Waals surface area (Å²) in [5.41, 5.74) is 0. The molecule has 0 aromatic rings. The molecular formula is C8H19KO. The van der Waals surface area contributed by atoms with Gasteiger partial charge in [0.15, 0.2) is 0 Å². The fourth-order valence-corrected chi connectivity index (χ4v) is 0.892. The minimum absolute atomic E-state index is 0. The average Bonchev–Trinajstić information content (AvgIpc) is 1.89. The van der Waals surface area contributed by atoms with Crippen molar-refractivity contribution in [2.75, 3.05) is 6.61 Å². The molecule has 10 heavy (non-hydrogen) atoms. The molecule has 0 aliphatic rings. The van der Waals surface area contributed by atoms with Crippen molar-refractivity contribution in [3.8, 4) is 0 Å². The van der Waals surface area contributed by atoms with Crippen LogP contribution in [-0.2, 0) is 0 Å². The predicted molar refractivity (Wildman–Crippen MR) is 41.6 cm³/mol. The molecule has 1 N–H and O–H groups in total. The van der Waals surface area contributed by atoms with Crippen molar-refractivity contribution < 1.29 is 57.9 Å². The third kappa shape index (κ3) is 12.3. The first-order chi connectivity index (χ1) is 4.41. The monoisotopic (exact) mass is 170 g/mol. The van der Waals surface area contributed by atoms with Gasteiger partial charge in [0.25, 0.3) is 0 Å². The summed E-state index contributed by atoms with van der Waals surface area (Å²) in [5, 5.41) is 8.42. The molecule has 0 aromatic carbocycles. The van der Waals surface area contributed by atoms with Gasteiger partial charge in [0, 0.05) is 6.61 Å². The molecule has 0 bridgehead atoms. The Morgan fingerprint density at radius 2 is 1.50 bits per heavy atom. The van der Waals surface area contributed by atoms with E-state index in [9.17, 15) is 0 Å². The zero-order valence-electron chi connectivity index (χ0n) is 8.40. The van der Waals surface area contributed by atoms with E-state index in [1.165, 1.54) is 32.1 Å². The van der Waals surface area contributed by atoms with Gasteiger partial charge in [0.2, 0.25) is 0 Å². The maximum atomic E-state index is 8.42. The van der Waals surface area contributed by atoms with Gasteiger partial charge in [-0.25, -0.2) is 0 Å². The van der Waals surface area contributed by atoms with Gasteiger partial charge < -0.3 is 6.53 Å². The largest absolute Gasteiger partial charge is 1.00 e. The van der Waals surface area contributed by atoms with Gasteiger partial charge in [0.05, 0.1) is 0 Å². The van der Waals surface area contributed by atoms with E-state index in [1.54, 1.807) is 0 Å². The Labute approximate surface area is 108 Å². The Morgan fingerprint density at radius 3 is 2.00 bits per heavy atom. The van der Waals surface area contributed by atoms with Crippen molar-refractivity contribution in [1.82, 2.24) is 0 Å². The first-order valence-electron chi connectivity index (χ1n) is 4.02. The van der Waals surface area contributed by atoms with Crippen LogP contribution in [0.4, 0.5) is 0 Å². The molecule has 0 spiro atoms. The van der Waals surface area contributed by atoms with Crippen LogP contribution in [0.5, 0.6) is 0 Å². The molecule has 0 saturated carbocycles. The molecule has 0 radical (unpaired) electrons. The van der Waals surface area contributed by atoms with Crippen LogP contribution in [0.15, 0.2) is 0 Å². The maximum absolute atomic E-state index is 8.42. The molecule has 0 aromatic heterocycles. The Kier molecular flexibility index (Phi) is 18.7. The van der Waals surface area contributed by atoms with Crippen molar-refractivity contribution >= 4 is 0 Å². The van der Waals surface area contributed by atoms with E-state index < -0.39 is 0 Å². The first kappa shape index (κ1) is 14.1. The van der Waals surface area contributed by atoms with Gasteiger partial charge in [-0.2, -0.15) is 0 Å². The van der Waals surface area contributed by atoms with E-state index in [-0.39, 0.29) is 52.8 Å². The standard InChI is InChI=1S/C8H18O.K.H/c1-2-3-4-5-6-7-8-9;;/h9H,2-8H2,1H3;;/q;+1;-1. The molecule has 1 nitrogen and oxygen atoms in total. The van der Waals surface area contributed by atoms with Crippen LogP contribution in [0.3, 0.4) is 0 Å². The zero-order valence-corrected chi connectivity index (χ0v) is 10.5. The maximum Gasteiger partial charge on any atom is 1.00 e. The van der Waals surface area contributed by atoms with Crippen molar-refractivity contribution in [3.05, 3.63) is 0 Å². The summed E-state index contributed by atoms with van der Waals surface area (Å²) in [5.74, 6) is 0. The molecule has 0 amide bonds. The van der Waals surface area contributed by atoms with Gasteiger partial charge in [-0.15, -0.1) is 0 Å².